The topological polar surface area (TPSA) is 0 Å². The normalized spacial score (nSPS) is 26.7. The van der Waals surface area contributed by atoms with Gasteiger partial charge in [-0.15, -0.1) is 0 Å². The highest BCUT2D eigenvalue weighted by Gasteiger charge is 2.63. The SMILES string of the molecule is CC12C=CC=CC1c1ccccc1C21c2cc3ccccc3cc2-c2c(Br)cccc21. The second-order valence-corrected chi connectivity index (χ2v) is 10.1. The quantitative estimate of drug-likeness (QED) is 0.248. The van der Waals surface area contributed by atoms with Crippen molar-refractivity contribution in [3.8, 4) is 11.1 Å². The van der Waals surface area contributed by atoms with Gasteiger partial charge < -0.3 is 0 Å². The Morgan fingerprint density at radius 1 is 0.742 bits per heavy atom. The molecule has 148 valence electrons. The lowest BCUT2D eigenvalue weighted by Gasteiger charge is -2.45. The van der Waals surface area contributed by atoms with Crippen LogP contribution in [0.15, 0.2) is 108 Å². The monoisotopic (exact) mass is 460 g/mol. The summed E-state index contributed by atoms with van der Waals surface area (Å²) in [6.45, 7) is 2.46. The number of rotatable bonds is 0. The molecule has 31 heavy (non-hydrogen) atoms. The summed E-state index contributed by atoms with van der Waals surface area (Å²) in [5.41, 5.74) is 8.19. The maximum absolute atomic E-state index is 3.93. The van der Waals surface area contributed by atoms with E-state index in [0.29, 0.717) is 5.92 Å². The molecule has 0 bridgehead atoms. The molecule has 4 aromatic carbocycles. The third-order valence-corrected chi connectivity index (χ3v) is 8.65. The highest BCUT2D eigenvalue weighted by Crippen LogP contribution is 2.71. The second kappa shape index (κ2) is 5.87. The van der Waals surface area contributed by atoms with Gasteiger partial charge in [0.1, 0.15) is 0 Å². The summed E-state index contributed by atoms with van der Waals surface area (Å²) in [6.07, 6.45) is 9.35. The van der Waals surface area contributed by atoms with Crippen LogP contribution in [0.3, 0.4) is 0 Å². The lowest BCUT2D eigenvalue weighted by Crippen LogP contribution is -2.42. The van der Waals surface area contributed by atoms with Crippen molar-refractivity contribution in [3.63, 3.8) is 0 Å². The van der Waals surface area contributed by atoms with Gasteiger partial charge in [-0.25, -0.2) is 0 Å². The fourth-order valence-corrected chi connectivity index (χ4v) is 7.38. The Bertz CT molecular complexity index is 1470. The van der Waals surface area contributed by atoms with Gasteiger partial charge in [0, 0.05) is 21.4 Å². The lowest BCUT2D eigenvalue weighted by molar-refractivity contribution is 0.294. The van der Waals surface area contributed by atoms with E-state index < -0.39 is 0 Å². The molecule has 0 aromatic heterocycles. The van der Waals surface area contributed by atoms with Crippen LogP contribution < -0.4 is 0 Å². The largest absolute Gasteiger partial charge is 0.0761 e. The molecule has 1 spiro atoms. The van der Waals surface area contributed by atoms with Crippen molar-refractivity contribution in [1.29, 1.82) is 0 Å². The van der Waals surface area contributed by atoms with Crippen molar-refractivity contribution >= 4 is 26.7 Å². The molecule has 3 aliphatic rings. The zero-order chi connectivity index (χ0) is 20.8. The summed E-state index contributed by atoms with van der Waals surface area (Å²) in [5.74, 6) is 0.359. The molecule has 3 aliphatic carbocycles. The van der Waals surface area contributed by atoms with Crippen molar-refractivity contribution < 1.29 is 0 Å². The fraction of sp³-hybridized carbons (Fsp3) is 0.133. The molecule has 0 nitrogen and oxygen atoms in total. The Morgan fingerprint density at radius 2 is 1.48 bits per heavy atom. The molecule has 3 unspecified atom stereocenters. The van der Waals surface area contributed by atoms with E-state index in [0.717, 1.165) is 0 Å². The molecule has 0 aliphatic heterocycles. The highest BCUT2D eigenvalue weighted by molar-refractivity contribution is 9.10. The zero-order valence-electron chi connectivity index (χ0n) is 17.3. The molecule has 0 amide bonds. The first kappa shape index (κ1) is 17.7. The first-order chi connectivity index (χ1) is 15.2. The standard InChI is InChI=1S/C30H21Br/c1-29-16-7-6-12-23(29)21-11-4-5-13-24(21)30(29)25-14-8-15-27(31)28(25)22-17-19-9-2-3-10-20(19)18-26(22)30/h2-18,23H,1H3. The van der Waals surface area contributed by atoms with E-state index in [4.69, 9.17) is 0 Å². The van der Waals surface area contributed by atoms with E-state index in [2.05, 4.69) is 126 Å². The third-order valence-electron chi connectivity index (χ3n) is 7.99. The van der Waals surface area contributed by atoms with Gasteiger partial charge in [-0.05, 0) is 56.8 Å². The van der Waals surface area contributed by atoms with Crippen LogP contribution in [-0.4, -0.2) is 0 Å². The second-order valence-electron chi connectivity index (χ2n) is 9.25. The number of hydrogen-bond acceptors (Lipinski definition) is 0. The predicted molar refractivity (Wildman–Crippen MR) is 133 cm³/mol. The van der Waals surface area contributed by atoms with E-state index in [1.807, 2.05) is 0 Å². The Morgan fingerprint density at radius 3 is 2.35 bits per heavy atom. The number of benzene rings is 4. The predicted octanol–water partition coefficient (Wildman–Crippen LogP) is 8.15. The molecular weight excluding hydrogens is 440 g/mol. The van der Waals surface area contributed by atoms with Gasteiger partial charge in [-0.1, -0.05) is 108 Å². The van der Waals surface area contributed by atoms with Crippen LogP contribution in [-0.2, 0) is 5.41 Å². The maximum Gasteiger partial charge on any atom is 0.0563 e. The van der Waals surface area contributed by atoms with E-state index in [-0.39, 0.29) is 10.8 Å². The van der Waals surface area contributed by atoms with Gasteiger partial charge in [0.05, 0.1) is 5.41 Å². The van der Waals surface area contributed by atoms with Gasteiger partial charge in [-0.2, -0.15) is 0 Å². The Kier molecular flexibility index (Phi) is 3.36. The molecule has 3 atom stereocenters. The lowest BCUT2D eigenvalue weighted by atomic mass is 9.56. The summed E-state index contributed by atoms with van der Waals surface area (Å²) in [5, 5.41) is 2.61. The van der Waals surface area contributed by atoms with Gasteiger partial charge >= 0.3 is 0 Å². The van der Waals surface area contributed by atoms with Crippen LogP contribution in [0.1, 0.15) is 35.1 Å². The minimum atomic E-state index is -0.214. The molecule has 0 heterocycles. The molecule has 7 rings (SSSR count). The summed E-state index contributed by atoms with van der Waals surface area (Å²) >= 11 is 3.93. The van der Waals surface area contributed by atoms with Crippen LogP contribution >= 0.6 is 15.9 Å². The summed E-state index contributed by atoms with van der Waals surface area (Å²) < 4.78 is 1.18. The summed E-state index contributed by atoms with van der Waals surface area (Å²) in [6, 6.07) is 29.5. The number of fused-ring (bicyclic) bond motifs is 11. The number of allylic oxidation sites excluding steroid dienone is 4. The van der Waals surface area contributed by atoms with Crippen LogP contribution in [0, 0.1) is 5.41 Å². The smallest absolute Gasteiger partial charge is 0.0563 e. The average Bonchev–Trinajstić information content (AvgIpc) is 3.22. The number of hydrogen-bond donors (Lipinski definition) is 0. The first-order valence-electron chi connectivity index (χ1n) is 10.9. The van der Waals surface area contributed by atoms with Gasteiger partial charge in [-0.3, -0.25) is 0 Å². The minimum absolute atomic E-state index is 0.0747. The van der Waals surface area contributed by atoms with Gasteiger partial charge in [0.2, 0.25) is 0 Å². The van der Waals surface area contributed by atoms with E-state index >= 15 is 0 Å². The molecule has 0 saturated heterocycles. The molecule has 0 N–H and O–H groups in total. The average molecular weight is 461 g/mol. The van der Waals surface area contributed by atoms with E-state index in [1.165, 1.54) is 48.6 Å². The van der Waals surface area contributed by atoms with Crippen molar-refractivity contribution in [2.24, 2.45) is 5.41 Å². The minimum Gasteiger partial charge on any atom is -0.0761 e. The summed E-state index contributed by atoms with van der Waals surface area (Å²) in [4.78, 5) is 0. The molecule has 0 radical (unpaired) electrons. The van der Waals surface area contributed by atoms with Gasteiger partial charge in [0.15, 0.2) is 0 Å². The van der Waals surface area contributed by atoms with E-state index in [9.17, 15) is 0 Å². The highest BCUT2D eigenvalue weighted by atomic mass is 79.9. The van der Waals surface area contributed by atoms with Gasteiger partial charge in [0.25, 0.3) is 0 Å². The van der Waals surface area contributed by atoms with Crippen molar-refractivity contribution in [3.05, 3.63) is 130 Å². The molecular formula is C30H21Br. The third kappa shape index (κ3) is 1.93. The van der Waals surface area contributed by atoms with Crippen LogP contribution in [0.5, 0.6) is 0 Å². The van der Waals surface area contributed by atoms with E-state index in [1.54, 1.807) is 0 Å². The molecule has 0 fully saturated rings. The van der Waals surface area contributed by atoms with Crippen LogP contribution in [0.4, 0.5) is 0 Å². The number of halogens is 1. The maximum atomic E-state index is 3.93. The van der Waals surface area contributed by atoms with Crippen LogP contribution in [0.2, 0.25) is 0 Å². The molecule has 0 saturated carbocycles. The molecule has 4 aromatic rings. The van der Waals surface area contributed by atoms with Crippen molar-refractivity contribution in [2.45, 2.75) is 18.3 Å². The fourth-order valence-electron chi connectivity index (χ4n) is 6.80. The van der Waals surface area contributed by atoms with Crippen molar-refractivity contribution in [1.82, 2.24) is 0 Å². The molecule has 1 heteroatoms. The Balaban J connectivity index is 1.73. The Labute approximate surface area is 191 Å². The van der Waals surface area contributed by atoms with Crippen molar-refractivity contribution in [2.75, 3.05) is 0 Å². The summed E-state index contributed by atoms with van der Waals surface area (Å²) in [7, 11) is 0. The zero-order valence-corrected chi connectivity index (χ0v) is 18.9. The first-order valence-corrected chi connectivity index (χ1v) is 11.7. The Hall–Kier alpha value is -2.90. The van der Waals surface area contributed by atoms with Crippen LogP contribution in [0.25, 0.3) is 21.9 Å².